The van der Waals surface area contributed by atoms with Gasteiger partial charge in [0.2, 0.25) is 0 Å². The Kier molecular flexibility index (Phi) is 14.9. The van der Waals surface area contributed by atoms with Gasteiger partial charge in [0.15, 0.2) is 17.5 Å². The minimum atomic E-state index is -0.175. The van der Waals surface area contributed by atoms with E-state index in [0.717, 1.165) is 39.4 Å². The van der Waals surface area contributed by atoms with E-state index in [1.165, 1.54) is 93.8 Å². The molecule has 0 amide bonds. The second-order valence-electron chi connectivity index (χ2n) is 34.9. The van der Waals surface area contributed by atoms with Crippen LogP contribution in [0.4, 0.5) is 34.1 Å². The fraction of sp³-hybridized carbons (Fsp3) is 0.376. The molecule has 0 spiro atoms. The Bertz CT molecular complexity index is 4150. The summed E-state index contributed by atoms with van der Waals surface area (Å²) >= 11 is 0. The molecule has 10 aromatic rings. The number of nitrogens with zero attached hydrogens (tertiary/aromatic N) is 5. The molecule has 0 saturated carbocycles. The van der Waals surface area contributed by atoms with E-state index >= 15 is 0 Å². The Morgan fingerprint density at radius 3 is 0.780 bits per heavy atom. The zero-order valence-corrected chi connectivity index (χ0v) is 59.3. The Hall–Kier alpha value is -7.83. The van der Waals surface area contributed by atoms with Crippen LogP contribution in [0.3, 0.4) is 0 Å². The first-order valence-electron chi connectivity index (χ1n) is 33.4. The summed E-state index contributed by atoms with van der Waals surface area (Å²) in [6.07, 6.45) is 0. The van der Waals surface area contributed by atoms with Crippen molar-refractivity contribution in [2.24, 2.45) is 0 Å². The summed E-state index contributed by atoms with van der Waals surface area (Å²) < 4.78 is 0. The van der Waals surface area contributed by atoms with E-state index in [0.29, 0.717) is 17.5 Å². The van der Waals surface area contributed by atoms with Crippen LogP contribution in [0.1, 0.15) is 211 Å². The van der Waals surface area contributed by atoms with Gasteiger partial charge in [-0.2, -0.15) is 0 Å². The molecule has 9 aromatic carbocycles. The van der Waals surface area contributed by atoms with E-state index in [4.69, 9.17) is 15.0 Å². The summed E-state index contributed by atoms with van der Waals surface area (Å²) in [6.45, 7) is 55.8. The molecule has 466 valence electrons. The van der Waals surface area contributed by atoms with Crippen molar-refractivity contribution in [3.05, 3.63) is 202 Å². The third kappa shape index (κ3) is 11.7. The predicted molar refractivity (Wildman–Crippen MR) is 395 cm³/mol. The summed E-state index contributed by atoms with van der Waals surface area (Å²) in [6, 6.07) is 61.5. The molecule has 0 N–H and O–H groups in total. The van der Waals surface area contributed by atoms with Crippen LogP contribution in [-0.2, 0) is 43.3 Å². The topological polar surface area (TPSA) is 45.2 Å². The molecule has 0 bridgehead atoms. The number of fused-ring (bicyclic) bond motifs is 8. The van der Waals surface area contributed by atoms with E-state index in [1.54, 1.807) is 0 Å². The van der Waals surface area contributed by atoms with E-state index in [1.807, 2.05) is 0 Å². The predicted octanol–water partition coefficient (Wildman–Crippen LogP) is 21.6. The van der Waals surface area contributed by atoms with Gasteiger partial charge in [0, 0.05) is 50.8 Å². The maximum atomic E-state index is 5.84. The van der Waals surface area contributed by atoms with Crippen molar-refractivity contribution in [2.75, 3.05) is 9.80 Å². The Balaban J connectivity index is 1.30. The molecule has 0 unspecified atom stereocenters. The van der Waals surface area contributed by atoms with Crippen LogP contribution in [0.15, 0.2) is 158 Å². The van der Waals surface area contributed by atoms with E-state index in [9.17, 15) is 0 Å². The van der Waals surface area contributed by atoms with Crippen molar-refractivity contribution in [1.82, 2.24) is 15.0 Å². The summed E-state index contributed by atoms with van der Waals surface area (Å²) in [5.41, 5.74) is 22.6. The van der Waals surface area contributed by atoms with Crippen molar-refractivity contribution >= 4 is 78.8 Å². The SMILES string of the molecule is CC(C)(C)c1cc(-c2nc(-c3cc(C(C)(C)C)cc(C(C)(C)C)c3)nc(-c3cc4c5c(c3)N(c3cc(C(C)(C)C)cc(C(C)(C)C)c3)c3ccc6ccccc6c3B5c3c(ccc5ccccc35)N4c3cc(C(C)(C)C)cc(C(C)(C)C)c3)n2)cc(C(C)(C)C)c1. The molecule has 2 aliphatic rings. The first-order chi connectivity index (χ1) is 42.1. The highest BCUT2D eigenvalue weighted by molar-refractivity contribution is 7.03. The van der Waals surface area contributed by atoms with Crippen molar-refractivity contribution in [3.8, 4) is 34.2 Å². The van der Waals surface area contributed by atoms with Gasteiger partial charge in [-0.1, -0.05) is 251 Å². The maximum Gasteiger partial charge on any atom is 0.253 e. The van der Waals surface area contributed by atoms with Gasteiger partial charge in [-0.3, -0.25) is 0 Å². The lowest BCUT2D eigenvalue weighted by Gasteiger charge is -2.45. The summed E-state index contributed by atoms with van der Waals surface area (Å²) in [4.78, 5) is 22.6. The molecule has 91 heavy (non-hydrogen) atoms. The van der Waals surface area contributed by atoms with Crippen molar-refractivity contribution in [1.29, 1.82) is 0 Å². The third-order valence-electron chi connectivity index (χ3n) is 19.4. The number of aromatic nitrogens is 3. The molecular weight excluding hydrogens is 1100 g/mol. The van der Waals surface area contributed by atoms with Gasteiger partial charge >= 0.3 is 0 Å². The largest absolute Gasteiger partial charge is 0.311 e. The molecule has 2 aliphatic heterocycles. The fourth-order valence-electron chi connectivity index (χ4n) is 13.5. The standard InChI is InChI=1S/C85H98BN5/c1-78(2,3)56-37-53(38-57(43-56)79(4,5)6)75-87-76(54-39-58(80(7,8)9)44-59(40-54)81(10,11)12)89-77(88-75)55-41-70-74-71(42-55)91(65-49-62(84(19,20)21)46-63(50-65)85(22,23)24)69-36-34-52-30-26-28-32-67(52)73(69)86(74)72-66-31-27-25-29-51(66)33-35-68(72)90(70)64-47-60(82(13,14)15)45-61(48-64)83(16,17)18/h25-50H,1-24H3. The maximum absolute atomic E-state index is 5.84. The molecule has 5 nitrogen and oxygen atoms in total. The molecule has 0 aliphatic carbocycles. The first-order valence-corrected chi connectivity index (χ1v) is 33.4. The van der Waals surface area contributed by atoms with Crippen LogP contribution in [-0.4, -0.2) is 21.7 Å². The van der Waals surface area contributed by atoms with E-state index in [2.05, 4.69) is 334 Å². The highest BCUT2D eigenvalue weighted by Gasteiger charge is 2.46. The van der Waals surface area contributed by atoms with Gasteiger partial charge in [0.1, 0.15) is 0 Å². The van der Waals surface area contributed by atoms with Gasteiger partial charge in [0.25, 0.3) is 6.71 Å². The molecule has 3 heterocycles. The monoisotopic (exact) mass is 1200 g/mol. The molecule has 0 radical (unpaired) electrons. The van der Waals surface area contributed by atoms with Gasteiger partial charge in [-0.25, -0.2) is 15.0 Å². The van der Waals surface area contributed by atoms with Crippen molar-refractivity contribution in [3.63, 3.8) is 0 Å². The lowest BCUT2D eigenvalue weighted by atomic mass is 9.32. The molecule has 0 saturated heterocycles. The number of hydrogen-bond acceptors (Lipinski definition) is 5. The highest BCUT2D eigenvalue weighted by Crippen LogP contribution is 2.50. The zero-order valence-electron chi connectivity index (χ0n) is 59.3. The number of rotatable bonds is 5. The van der Waals surface area contributed by atoms with Gasteiger partial charge in [-0.15, -0.1) is 0 Å². The zero-order chi connectivity index (χ0) is 65.8. The highest BCUT2D eigenvalue weighted by atomic mass is 15.2. The lowest BCUT2D eigenvalue weighted by molar-refractivity contribution is 0.568. The minimum absolute atomic E-state index is 0.139. The fourth-order valence-corrected chi connectivity index (χ4v) is 13.5. The minimum Gasteiger partial charge on any atom is -0.311 e. The summed E-state index contributed by atoms with van der Waals surface area (Å²) in [5, 5.41) is 4.95. The molecule has 0 fully saturated rings. The molecule has 0 atom stereocenters. The van der Waals surface area contributed by atoms with Gasteiger partial charge < -0.3 is 9.80 Å². The Morgan fingerprint density at radius 2 is 0.505 bits per heavy atom. The Morgan fingerprint density at radius 1 is 0.253 bits per heavy atom. The van der Waals surface area contributed by atoms with E-state index < -0.39 is 0 Å². The third-order valence-corrected chi connectivity index (χ3v) is 19.4. The lowest BCUT2D eigenvalue weighted by Crippen LogP contribution is -2.61. The average molecular weight is 1200 g/mol. The van der Waals surface area contributed by atoms with Crippen LogP contribution in [0.5, 0.6) is 0 Å². The van der Waals surface area contributed by atoms with Crippen molar-refractivity contribution in [2.45, 2.75) is 209 Å². The smallest absolute Gasteiger partial charge is 0.253 e. The van der Waals surface area contributed by atoms with Crippen LogP contribution >= 0.6 is 0 Å². The first kappa shape index (κ1) is 63.3. The molecule has 12 rings (SSSR count). The van der Waals surface area contributed by atoms with Crippen LogP contribution in [0.25, 0.3) is 55.7 Å². The summed E-state index contributed by atoms with van der Waals surface area (Å²) in [5.74, 6) is 1.93. The van der Waals surface area contributed by atoms with Crippen LogP contribution < -0.4 is 26.2 Å². The molecule has 6 heteroatoms. The van der Waals surface area contributed by atoms with Gasteiger partial charge in [-0.05, 0) is 199 Å². The summed E-state index contributed by atoms with van der Waals surface area (Å²) in [7, 11) is 0. The number of benzene rings is 9. The van der Waals surface area contributed by atoms with Crippen LogP contribution in [0, 0.1) is 0 Å². The average Bonchev–Trinajstić information content (AvgIpc) is 0.694. The Labute approximate surface area is 546 Å². The number of anilines is 6. The molecular formula is C85H98BN5. The van der Waals surface area contributed by atoms with Crippen molar-refractivity contribution < 1.29 is 0 Å². The van der Waals surface area contributed by atoms with Gasteiger partial charge in [0.05, 0.1) is 0 Å². The normalized spacial score (nSPS) is 14.1. The quantitative estimate of drug-likeness (QED) is 0.161. The molecule has 1 aromatic heterocycles. The van der Waals surface area contributed by atoms with E-state index in [-0.39, 0.29) is 50.0 Å². The second-order valence-corrected chi connectivity index (χ2v) is 34.9. The van der Waals surface area contributed by atoms with Crippen LogP contribution in [0.2, 0.25) is 0 Å². The second kappa shape index (κ2) is 21.4. The number of hydrogen-bond donors (Lipinski definition) is 0.